The van der Waals surface area contributed by atoms with Crippen LogP contribution in [0.25, 0.3) is 0 Å². The highest BCUT2D eigenvalue weighted by Gasteiger charge is 2.31. The van der Waals surface area contributed by atoms with Crippen molar-refractivity contribution >= 4 is 8.25 Å². The second-order valence-electron chi connectivity index (χ2n) is 4.40. The van der Waals surface area contributed by atoms with Crippen LogP contribution >= 0.6 is 8.25 Å². The van der Waals surface area contributed by atoms with E-state index in [0.717, 1.165) is 18.6 Å². The lowest BCUT2D eigenvalue weighted by atomic mass is 9.78. The lowest BCUT2D eigenvalue weighted by molar-refractivity contribution is 0.212. The Morgan fingerprint density at radius 3 is 2.57 bits per heavy atom. The molecule has 0 aliphatic heterocycles. The molecule has 82 valence electrons. The fourth-order valence-corrected chi connectivity index (χ4v) is 2.65. The van der Waals surface area contributed by atoms with E-state index in [0.29, 0.717) is 0 Å². The van der Waals surface area contributed by atoms with E-state index in [1.165, 1.54) is 19.1 Å². The zero-order chi connectivity index (χ0) is 10.8. The highest BCUT2D eigenvalue weighted by Crippen LogP contribution is 2.44. The summed E-state index contributed by atoms with van der Waals surface area (Å²) >= 11 is 0. The molecular weight excluding hydrogens is 199 g/mol. The molecule has 0 aromatic heterocycles. The fraction of sp³-hybridized carbons (Fsp3) is 0.800. The summed E-state index contributed by atoms with van der Waals surface area (Å²) in [7, 11) is -0.929. The van der Waals surface area contributed by atoms with Crippen molar-refractivity contribution in [3.8, 4) is 0 Å². The molecule has 0 saturated heterocycles. The van der Waals surface area contributed by atoms with Crippen molar-refractivity contribution in [1.29, 1.82) is 0 Å². The van der Waals surface area contributed by atoms with Gasteiger partial charge in [0, 0.05) is 12.5 Å². The van der Waals surface area contributed by atoms with Crippen molar-refractivity contribution in [2.24, 2.45) is 5.41 Å². The molecule has 14 heavy (non-hydrogen) atoms. The SMILES string of the molecule is CO[PH](=O)OC1=C(C)CCCC1(C)C. The molecule has 0 bridgehead atoms. The molecule has 1 atom stereocenters. The predicted molar refractivity (Wildman–Crippen MR) is 57.4 cm³/mol. The van der Waals surface area contributed by atoms with Gasteiger partial charge in [0.2, 0.25) is 0 Å². The maximum atomic E-state index is 11.2. The minimum Gasteiger partial charge on any atom is -0.430 e. The molecule has 0 heterocycles. The highest BCUT2D eigenvalue weighted by molar-refractivity contribution is 7.33. The molecule has 1 aliphatic carbocycles. The molecular formula is C10H19O3P. The third-order valence-corrected chi connectivity index (χ3v) is 3.41. The number of hydrogen-bond donors (Lipinski definition) is 0. The average Bonchev–Trinajstić information content (AvgIpc) is 2.11. The molecule has 0 fully saturated rings. The van der Waals surface area contributed by atoms with Crippen LogP contribution in [0, 0.1) is 5.41 Å². The van der Waals surface area contributed by atoms with Gasteiger partial charge in [-0.15, -0.1) is 0 Å². The lowest BCUT2D eigenvalue weighted by Crippen LogP contribution is -2.21. The van der Waals surface area contributed by atoms with E-state index in [2.05, 4.69) is 18.4 Å². The summed E-state index contributed by atoms with van der Waals surface area (Å²) in [5.74, 6) is 0.870. The van der Waals surface area contributed by atoms with Gasteiger partial charge in [-0.2, -0.15) is 0 Å². The lowest BCUT2D eigenvalue weighted by Gasteiger charge is -2.33. The molecule has 1 unspecified atom stereocenters. The molecule has 0 amide bonds. The number of rotatable bonds is 3. The summed E-state index contributed by atoms with van der Waals surface area (Å²) in [4.78, 5) is 0. The van der Waals surface area contributed by atoms with E-state index >= 15 is 0 Å². The van der Waals surface area contributed by atoms with Crippen LogP contribution in [0.5, 0.6) is 0 Å². The maximum Gasteiger partial charge on any atom is 0.367 e. The minimum atomic E-state index is -2.34. The second-order valence-corrected chi connectivity index (χ2v) is 5.52. The Hall–Kier alpha value is -0.270. The van der Waals surface area contributed by atoms with Crippen LogP contribution in [0.2, 0.25) is 0 Å². The van der Waals surface area contributed by atoms with Crippen LogP contribution < -0.4 is 0 Å². The standard InChI is InChI=1S/C10H19O3P/c1-8-6-5-7-10(2,3)9(8)13-14(11)12-4/h14H,5-7H2,1-4H3. The summed E-state index contributed by atoms with van der Waals surface area (Å²) in [6.07, 6.45) is 3.30. The van der Waals surface area contributed by atoms with Gasteiger partial charge in [0.1, 0.15) is 5.76 Å². The number of allylic oxidation sites excluding steroid dienone is 2. The Bertz CT molecular complexity index is 269. The van der Waals surface area contributed by atoms with Crippen molar-refractivity contribution in [2.75, 3.05) is 7.11 Å². The van der Waals surface area contributed by atoms with Crippen molar-refractivity contribution in [2.45, 2.75) is 40.0 Å². The van der Waals surface area contributed by atoms with Crippen molar-refractivity contribution in [3.05, 3.63) is 11.3 Å². The molecule has 1 aliphatic rings. The van der Waals surface area contributed by atoms with Gasteiger partial charge in [0.25, 0.3) is 0 Å². The first-order valence-corrected chi connectivity index (χ1v) is 6.16. The van der Waals surface area contributed by atoms with E-state index < -0.39 is 8.25 Å². The van der Waals surface area contributed by atoms with Crippen LogP contribution in [-0.2, 0) is 13.6 Å². The van der Waals surface area contributed by atoms with Crippen molar-refractivity contribution < 1.29 is 13.6 Å². The predicted octanol–water partition coefficient (Wildman–Crippen LogP) is 3.52. The second kappa shape index (κ2) is 4.50. The average molecular weight is 218 g/mol. The Balaban J connectivity index is 2.85. The summed E-state index contributed by atoms with van der Waals surface area (Å²) in [5.41, 5.74) is 1.21. The third-order valence-electron chi connectivity index (χ3n) is 2.71. The zero-order valence-electron chi connectivity index (χ0n) is 9.35. The highest BCUT2D eigenvalue weighted by atomic mass is 31.1. The van der Waals surface area contributed by atoms with Crippen LogP contribution in [0.15, 0.2) is 11.3 Å². The Kier molecular flexibility index (Phi) is 3.79. The van der Waals surface area contributed by atoms with E-state index in [4.69, 9.17) is 4.52 Å². The molecule has 3 nitrogen and oxygen atoms in total. The molecule has 0 radical (unpaired) electrons. The van der Waals surface area contributed by atoms with Gasteiger partial charge < -0.3 is 9.05 Å². The topological polar surface area (TPSA) is 35.5 Å². The van der Waals surface area contributed by atoms with Gasteiger partial charge in [-0.3, -0.25) is 0 Å². The van der Waals surface area contributed by atoms with Crippen molar-refractivity contribution in [3.63, 3.8) is 0 Å². The molecule has 0 aromatic carbocycles. The number of hydrogen-bond acceptors (Lipinski definition) is 3. The van der Waals surface area contributed by atoms with Gasteiger partial charge in [0.05, 0.1) is 0 Å². The first-order valence-electron chi connectivity index (χ1n) is 4.93. The van der Waals surface area contributed by atoms with Crippen molar-refractivity contribution in [1.82, 2.24) is 0 Å². The normalized spacial score (nSPS) is 23.4. The molecule has 0 aromatic rings. The van der Waals surface area contributed by atoms with Crippen LogP contribution in [-0.4, -0.2) is 7.11 Å². The van der Waals surface area contributed by atoms with Gasteiger partial charge in [-0.05, 0) is 31.8 Å². The zero-order valence-corrected chi connectivity index (χ0v) is 10.3. The third kappa shape index (κ3) is 2.61. The maximum absolute atomic E-state index is 11.2. The molecule has 0 spiro atoms. The van der Waals surface area contributed by atoms with Crippen LogP contribution in [0.1, 0.15) is 40.0 Å². The van der Waals surface area contributed by atoms with Gasteiger partial charge in [-0.25, -0.2) is 4.57 Å². The summed E-state index contributed by atoms with van der Waals surface area (Å²) in [5, 5.41) is 0. The largest absolute Gasteiger partial charge is 0.430 e. The van der Waals surface area contributed by atoms with E-state index in [1.54, 1.807) is 0 Å². The van der Waals surface area contributed by atoms with E-state index in [1.807, 2.05) is 6.92 Å². The molecule has 4 heteroatoms. The Labute approximate surface area is 86.4 Å². The fourth-order valence-electron chi connectivity index (χ4n) is 1.95. The minimum absolute atomic E-state index is 0.00118. The Morgan fingerprint density at radius 1 is 1.43 bits per heavy atom. The smallest absolute Gasteiger partial charge is 0.367 e. The molecule has 1 rings (SSSR count). The van der Waals surface area contributed by atoms with Gasteiger partial charge in [-0.1, -0.05) is 13.8 Å². The monoisotopic (exact) mass is 218 g/mol. The summed E-state index contributed by atoms with van der Waals surface area (Å²) < 4.78 is 21.3. The quantitative estimate of drug-likeness (QED) is 0.680. The van der Waals surface area contributed by atoms with Gasteiger partial charge in [0.15, 0.2) is 0 Å². The van der Waals surface area contributed by atoms with Crippen LogP contribution in [0.3, 0.4) is 0 Å². The van der Waals surface area contributed by atoms with Crippen LogP contribution in [0.4, 0.5) is 0 Å². The molecule has 0 saturated carbocycles. The van der Waals surface area contributed by atoms with E-state index in [-0.39, 0.29) is 5.41 Å². The summed E-state index contributed by atoms with van der Waals surface area (Å²) in [6.45, 7) is 6.28. The Morgan fingerprint density at radius 2 is 2.07 bits per heavy atom. The first-order chi connectivity index (χ1) is 6.47. The van der Waals surface area contributed by atoms with E-state index in [9.17, 15) is 4.57 Å². The summed E-state index contributed by atoms with van der Waals surface area (Å²) in [6, 6.07) is 0. The first kappa shape index (κ1) is 11.8. The molecule has 0 N–H and O–H groups in total. The van der Waals surface area contributed by atoms with Gasteiger partial charge >= 0.3 is 8.25 Å².